The first kappa shape index (κ1) is 13.9. The molecule has 0 aliphatic heterocycles. The van der Waals surface area contributed by atoms with Crippen LogP contribution in [-0.2, 0) is 4.74 Å². The van der Waals surface area contributed by atoms with Crippen molar-refractivity contribution in [2.45, 2.75) is 13.8 Å². The molecule has 1 N–H and O–H groups in total. The van der Waals surface area contributed by atoms with Gasteiger partial charge in [0.05, 0.1) is 6.61 Å². The van der Waals surface area contributed by atoms with Crippen molar-refractivity contribution in [2.75, 3.05) is 20.3 Å². The van der Waals surface area contributed by atoms with Crippen molar-refractivity contribution in [3.8, 4) is 0 Å². The highest BCUT2D eigenvalue weighted by atomic mass is 35.5. The lowest BCUT2D eigenvalue weighted by molar-refractivity contribution is 0.0934. The van der Waals surface area contributed by atoms with Gasteiger partial charge in [0.15, 0.2) is 0 Å². The molecule has 1 amide bonds. The molecular weight excluding hydrogens is 240 g/mol. The number of carbonyl (C=O) groups is 1. The summed E-state index contributed by atoms with van der Waals surface area (Å²) in [4.78, 5) is 15.8. The van der Waals surface area contributed by atoms with E-state index < -0.39 is 0 Å². The molecule has 5 heteroatoms. The summed E-state index contributed by atoms with van der Waals surface area (Å²) in [7, 11) is 1.64. The lowest BCUT2D eigenvalue weighted by Crippen LogP contribution is -2.30. The molecule has 0 aliphatic carbocycles. The standard InChI is InChI=1S/C12H17ClN2O2/c1-8(7-17-3)6-14-12(16)10-4-9(2)15-11(13)5-10/h4-5,8H,6-7H2,1-3H3,(H,14,16). The number of rotatable bonds is 5. The van der Waals surface area contributed by atoms with E-state index in [9.17, 15) is 4.79 Å². The second kappa shape index (κ2) is 6.57. The molecule has 0 aliphatic rings. The molecule has 94 valence electrons. The molecule has 0 saturated carbocycles. The number of pyridine rings is 1. The van der Waals surface area contributed by atoms with Crippen molar-refractivity contribution in [3.63, 3.8) is 0 Å². The number of ether oxygens (including phenoxy) is 1. The van der Waals surface area contributed by atoms with Gasteiger partial charge < -0.3 is 10.1 Å². The zero-order valence-corrected chi connectivity index (χ0v) is 11.0. The fourth-order valence-electron chi connectivity index (χ4n) is 1.47. The van der Waals surface area contributed by atoms with E-state index in [0.717, 1.165) is 5.69 Å². The van der Waals surface area contributed by atoms with E-state index in [1.54, 1.807) is 26.2 Å². The largest absolute Gasteiger partial charge is 0.384 e. The third kappa shape index (κ3) is 4.71. The van der Waals surface area contributed by atoms with Crippen LogP contribution in [0, 0.1) is 12.8 Å². The van der Waals surface area contributed by atoms with Crippen LogP contribution >= 0.6 is 11.6 Å². The Hall–Kier alpha value is -1.13. The average Bonchev–Trinajstić information content (AvgIpc) is 2.25. The normalized spacial score (nSPS) is 12.2. The predicted molar refractivity (Wildman–Crippen MR) is 67.4 cm³/mol. The first-order chi connectivity index (χ1) is 8.02. The summed E-state index contributed by atoms with van der Waals surface area (Å²) in [6, 6.07) is 3.27. The predicted octanol–water partition coefficient (Wildman–Crippen LogP) is 2.06. The minimum atomic E-state index is -0.139. The van der Waals surface area contributed by atoms with Crippen LogP contribution in [0.15, 0.2) is 12.1 Å². The molecule has 1 rings (SSSR count). The van der Waals surface area contributed by atoms with Crippen LogP contribution in [0.4, 0.5) is 0 Å². The van der Waals surface area contributed by atoms with Gasteiger partial charge in [0, 0.05) is 24.9 Å². The zero-order valence-electron chi connectivity index (χ0n) is 10.3. The van der Waals surface area contributed by atoms with Gasteiger partial charge >= 0.3 is 0 Å². The van der Waals surface area contributed by atoms with E-state index in [2.05, 4.69) is 10.3 Å². The van der Waals surface area contributed by atoms with Crippen molar-refractivity contribution in [1.29, 1.82) is 0 Å². The minimum Gasteiger partial charge on any atom is -0.384 e. The van der Waals surface area contributed by atoms with Gasteiger partial charge in [-0.05, 0) is 25.0 Å². The summed E-state index contributed by atoms with van der Waals surface area (Å²) in [5, 5.41) is 3.17. The highest BCUT2D eigenvalue weighted by Crippen LogP contribution is 2.10. The van der Waals surface area contributed by atoms with E-state index in [4.69, 9.17) is 16.3 Å². The summed E-state index contributed by atoms with van der Waals surface area (Å²) in [5.74, 6) is 0.141. The van der Waals surface area contributed by atoms with Crippen molar-refractivity contribution in [1.82, 2.24) is 10.3 Å². The summed E-state index contributed by atoms with van der Waals surface area (Å²) in [6.07, 6.45) is 0. The average molecular weight is 257 g/mol. The number of carbonyl (C=O) groups excluding carboxylic acids is 1. The van der Waals surface area contributed by atoms with Crippen LogP contribution in [0.2, 0.25) is 5.15 Å². The maximum atomic E-state index is 11.8. The lowest BCUT2D eigenvalue weighted by Gasteiger charge is -2.11. The van der Waals surface area contributed by atoms with E-state index in [0.29, 0.717) is 23.9 Å². The van der Waals surface area contributed by atoms with Crippen LogP contribution in [0.25, 0.3) is 0 Å². The van der Waals surface area contributed by atoms with Gasteiger partial charge in [0.25, 0.3) is 5.91 Å². The number of hydrogen-bond acceptors (Lipinski definition) is 3. The van der Waals surface area contributed by atoms with E-state index in [1.807, 2.05) is 6.92 Å². The van der Waals surface area contributed by atoms with Crippen molar-refractivity contribution in [2.24, 2.45) is 5.92 Å². The van der Waals surface area contributed by atoms with E-state index >= 15 is 0 Å². The lowest BCUT2D eigenvalue weighted by atomic mass is 10.2. The van der Waals surface area contributed by atoms with Gasteiger partial charge in [0.2, 0.25) is 0 Å². The molecule has 0 fully saturated rings. The number of amides is 1. The van der Waals surface area contributed by atoms with Crippen LogP contribution in [-0.4, -0.2) is 31.2 Å². The smallest absolute Gasteiger partial charge is 0.251 e. The third-order valence-electron chi connectivity index (χ3n) is 2.25. The second-order valence-corrected chi connectivity index (χ2v) is 4.48. The van der Waals surface area contributed by atoms with Gasteiger partial charge in [-0.25, -0.2) is 4.98 Å². The monoisotopic (exact) mass is 256 g/mol. The third-order valence-corrected chi connectivity index (χ3v) is 2.44. The summed E-state index contributed by atoms with van der Waals surface area (Å²) < 4.78 is 5.00. The molecule has 0 saturated heterocycles. The number of halogens is 1. The fourth-order valence-corrected chi connectivity index (χ4v) is 1.72. The summed E-state index contributed by atoms with van der Waals surface area (Å²) >= 11 is 5.80. The summed E-state index contributed by atoms with van der Waals surface area (Å²) in [5.41, 5.74) is 1.26. The number of hydrogen-bond donors (Lipinski definition) is 1. The number of aromatic nitrogens is 1. The molecule has 0 bridgehead atoms. The topological polar surface area (TPSA) is 51.2 Å². The minimum absolute atomic E-state index is 0.139. The van der Waals surface area contributed by atoms with E-state index in [1.165, 1.54) is 0 Å². The first-order valence-corrected chi connectivity index (χ1v) is 5.82. The molecule has 1 aromatic heterocycles. The first-order valence-electron chi connectivity index (χ1n) is 5.44. The highest BCUT2D eigenvalue weighted by molar-refractivity contribution is 6.29. The van der Waals surface area contributed by atoms with Gasteiger partial charge in [-0.1, -0.05) is 18.5 Å². The Kier molecular flexibility index (Phi) is 5.38. The summed E-state index contributed by atoms with van der Waals surface area (Å²) in [6.45, 7) is 5.01. The molecule has 1 aromatic rings. The Bertz CT molecular complexity index is 376. The van der Waals surface area contributed by atoms with Crippen molar-refractivity contribution in [3.05, 3.63) is 28.5 Å². The maximum absolute atomic E-state index is 11.8. The second-order valence-electron chi connectivity index (χ2n) is 4.09. The molecule has 0 radical (unpaired) electrons. The van der Waals surface area contributed by atoms with Crippen LogP contribution < -0.4 is 5.32 Å². The van der Waals surface area contributed by atoms with Gasteiger partial charge in [-0.3, -0.25) is 4.79 Å². The fraction of sp³-hybridized carbons (Fsp3) is 0.500. The number of aryl methyl sites for hydroxylation is 1. The molecule has 4 nitrogen and oxygen atoms in total. The molecule has 1 unspecified atom stereocenters. The Labute approximate surface area is 106 Å². The van der Waals surface area contributed by atoms with Crippen LogP contribution in [0.1, 0.15) is 23.0 Å². The quantitative estimate of drug-likeness (QED) is 0.821. The van der Waals surface area contributed by atoms with Gasteiger partial charge in [-0.2, -0.15) is 0 Å². The Morgan fingerprint density at radius 3 is 2.88 bits per heavy atom. The maximum Gasteiger partial charge on any atom is 0.251 e. The van der Waals surface area contributed by atoms with Crippen molar-refractivity contribution < 1.29 is 9.53 Å². The molecular formula is C12H17ClN2O2. The van der Waals surface area contributed by atoms with Gasteiger partial charge in [-0.15, -0.1) is 0 Å². The van der Waals surface area contributed by atoms with Crippen molar-refractivity contribution >= 4 is 17.5 Å². The Balaban J connectivity index is 2.58. The van der Waals surface area contributed by atoms with Crippen LogP contribution in [0.5, 0.6) is 0 Å². The molecule has 0 spiro atoms. The molecule has 1 atom stereocenters. The number of nitrogens with zero attached hydrogens (tertiary/aromatic N) is 1. The Morgan fingerprint density at radius 1 is 1.59 bits per heavy atom. The molecule has 1 heterocycles. The molecule has 0 aromatic carbocycles. The zero-order chi connectivity index (χ0) is 12.8. The van der Waals surface area contributed by atoms with E-state index in [-0.39, 0.29) is 11.8 Å². The Morgan fingerprint density at radius 2 is 2.29 bits per heavy atom. The number of nitrogens with one attached hydrogen (secondary N) is 1. The van der Waals surface area contributed by atoms with Gasteiger partial charge in [0.1, 0.15) is 5.15 Å². The van der Waals surface area contributed by atoms with Crippen LogP contribution in [0.3, 0.4) is 0 Å². The SMILES string of the molecule is COCC(C)CNC(=O)c1cc(C)nc(Cl)c1. The number of methoxy groups -OCH3 is 1. The molecule has 17 heavy (non-hydrogen) atoms. The highest BCUT2D eigenvalue weighted by Gasteiger charge is 2.09.